The van der Waals surface area contributed by atoms with Crippen LogP contribution in [0.3, 0.4) is 0 Å². The third-order valence-corrected chi connectivity index (χ3v) is 3.51. The first-order valence-corrected chi connectivity index (χ1v) is 7.12. The fourth-order valence-electron chi connectivity index (χ4n) is 0.942. The Kier molecular flexibility index (Phi) is 3.36. The van der Waals surface area contributed by atoms with Gasteiger partial charge in [-0.2, -0.15) is 0 Å². The molecule has 0 heterocycles. The van der Waals surface area contributed by atoms with Crippen LogP contribution >= 0.6 is 0 Å². The molecule has 1 aromatic rings. The zero-order valence-corrected chi connectivity index (χ0v) is 9.75. The molecular weight excluding hydrogens is 252 g/mol. The summed E-state index contributed by atoms with van der Waals surface area (Å²) in [4.78, 5) is -0.170. The van der Waals surface area contributed by atoms with Gasteiger partial charge in [-0.3, -0.25) is 4.72 Å². The van der Waals surface area contributed by atoms with Gasteiger partial charge < -0.3 is 0 Å². The third kappa shape index (κ3) is 3.33. The molecule has 0 amide bonds. The van der Waals surface area contributed by atoms with Crippen molar-refractivity contribution in [3.63, 3.8) is 0 Å². The van der Waals surface area contributed by atoms with E-state index < -0.39 is 20.0 Å². The maximum absolute atomic E-state index is 11.1. The largest absolute Gasteiger partial charge is 0.280 e. The van der Waals surface area contributed by atoms with E-state index in [1.54, 1.807) is 0 Å². The summed E-state index contributed by atoms with van der Waals surface area (Å²) in [5.74, 6) is 0. The molecule has 0 bridgehead atoms. The maximum atomic E-state index is 11.1. The Balaban J connectivity index is 3.15. The van der Waals surface area contributed by atoms with Crippen molar-refractivity contribution in [2.45, 2.75) is 4.90 Å². The van der Waals surface area contributed by atoms with Crippen molar-refractivity contribution in [2.75, 3.05) is 4.72 Å². The quantitative estimate of drug-likeness (QED) is 0.809. The van der Waals surface area contributed by atoms with E-state index in [1.807, 2.05) is 0 Å². The lowest BCUT2D eigenvalue weighted by molar-refractivity contribution is 0.597. The molecule has 16 heavy (non-hydrogen) atoms. The fourth-order valence-corrected chi connectivity index (χ4v) is 2.04. The second-order valence-corrected chi connectivity index (χ2v) is 6.08. The number of nitrogens with two attached hydrogens (primary N) is 1. The minimum Gasteiger partial charge on any atom is -0.280 e. The van der Waals surface area contributed by atoms with Gasteiger partial charge in [0, 0.05) is 5.41 Å². The van der Waals surface area contributed by atoms with Crippen LogP contribution in [0.4, 0.5) is 5.69 Å². The SMILES string of the molecule is C=CS(=O)(=O)Nc1cccc(S(N)(=O)=O)c1. The first kappa shape index (κ1) is 12.7. The second kappa shape index (κ2) is 4.24. The lowest BCUT2D eigenvalue weighted by atomic mass is 10.3. The van der Waals surface area contributed by atoms with Crippen LogP contribution in [0.2, 0.25) is 0 Å². The van der Waals surface area contributed by atoms with Crippen LogP contribution in [-0.2, 0) is 20.0 Å². The number of benzene rings is 1. The lowest BCUT2D eigenvalue weighted by Gasteiger charge is -2.05. The van der Waals surface area contributed by atoms with E-state index in [-0.39, 0.29) is 10.6 Å². The van der Waals surface area contributed by atoms with Crippen LogP contribution in [0.15, 0.2) is 41.1 Å². The molecule has 8 heteroatoms. The minimum atomic E-state index is -3.85. The Hall–Kier alpha value is -1.38. The molecule has 0 radical (unpaired) electrons. The first-order chi connectivity index (χ1) is 7.24. The smallest absolute Gasteiger partial charge is 0.254 e. The summed E-state index contributed by atoms with van der Waals surface area (Å²) in [5, 5.41) is 5.62. The van der Waals surface area contributed by atoms with E-state index in [0.717, 1.165) is 11.5 Å². The molecule has 0 atom stereocenters. The van der Waals surface area contributed by atoms with Gasteiger partial charge in [0.1, 0.15) is 0 Å². The highest BCUT2D eigenvalue weighted by Gasteiger charge is 2.10. The van der Waals surface area contributed by atoms with Crippen LogP contribution in [0.25, 0.3) is 0 Å². The molecule has 88 valence electrons. The van der Waals surface area contributed by atoms with Crippen molar-refractivity contribution < 1.29 is 16.8 Å². The Morgan fingerprint density at radius 1 is 1.25 bits per heavy atom. The summed E-state index contributed by atoms with van der Waals surface area (Å²) in [5.41, 5.74) is 0.103. The number of rotatable bonds is 4. The zero-order chi connectivity index (χ0) is 12.4. The molecule has 0 unspecified atom stereocenters. The summed E-state index contributed by atoms with van der Waals surface area (Å²) in [6.45, 7) is 3.11. The van der Waals surface area contributed by atoms with Crippen molar-refractivity contribution in [3.05, 3.63) is 36.3 Å². The Morgan fingerprint density at radius 3 is 2.38 bits per heavy atom. The normalized spacial score (nSPS) is 12.1. The molecule has 0 aliphatic heterocycles. The van der Waals surface area contributed by atoms with E-state index in [4.69, 9.17) is 5.14 Å². The van der Waals surface area contributed by atoms with Gasteiger partial charge in [-0.25, -0.2) is 22.0 Å². The van der Waals surface area contributed by atoms with Gasteiger partial charge in [0.15, 0.2) is 0 Å². The minimum absolute atomic E-state index is 0.103. The topological polar surface area (TPSA) is 106 Å². The first-order valence-electron chi connectivity index (χ1n) is 4.03. The van der Waals surface area contributed by atoms with Crippen molar-refractivity contribution >= 4 is 25.7 Å². The summed E-state index contributed by atoms with van der Waals surface area (Å²) < 4.78 is 46.4. The molecule has 0 aliphatic rings. The Morgan fingerprint density at radius 2 is 1.88 bits per heavy atom. The number of nitrogens with one attached hydrogen (secondary N) is 1. The van der Waals surface area contributed by atoms with Crippen LogP contribution in [0.1, 0.15) is 0 Å². The van der Waals surface area contributed by atoms with Crippen LogP contribution in [-0.4, -0.2) is 16.8 Å². The lowest BCUT2D eigenvalue weighted by Crippen LogP contribution is -2.13. The van der Waals surface area contributed by atoms with Gasteiger partial charge >= 0.3 is 0 Å². The van der Waals surface area contributed by atoms with E-state index in [2.05, 4.69) is 11.3 Å². The zero-order valence-electron chi connectivity index (χ0n) is 8.12. The van der Waals surface area contributed by atoms with Gasteiger partial charge in [0.2, 0.25) is 10.0 Å². The molecule has 3 N–H and O–H groups in total. The Labute approximate surface area is 93.9 Å². The van der Waals surface area contributed by atoms with E-state index in [0.29, 0.717) is 0 Å². The van der Waals surface area contributed by atoms with Crippen LogP contribution < -0.4 is 9.86 Å². The summed E-state index contributed by atoms with van der Waals surface area (Å²) >= 11 is 0. The van der Waals surface area contributed by atoms with Crippen LogP contribution in [0.5, 0.6) is 0 Å². The molecule has 1 rings (SSSR count). The predicted octanol–water partition coefficient (Wildman–Crippen LogP) is 0.219. The monoisotopic (exact) mass is 262 g/mol. The molecule has 1 aromatic carbocycles. The molecule has 0 saturated carbocycles. The van der Waals surface area contributed by atoms with Gasteiger partial charge in [-0.15, -0.1) is 0 Å². The molecule has 0 spiro atoms. The highest BCUT2D eigenvalue weighted by Crippen LogP contribution is 2.15. The molecule has 0 aliphatic carbocycles. The summed E-state index contributed by atoms with van der Waals surface area (Å²) in [6, 6.07) is 5.16. The van der Waals surface area contributed by atoms with Crippen LogP contribution in [0, 0.1) is 0 Å². The van der Waals surface area contributed by atoms with Gasteiger partial charge in [-0.05, 0) is 18.2 Å². The third-order valence-electron chi connectivity index (χ3n) is 1.64. The fraction of sp³-hybridized carbons (Fsp3) is 0. The highest BCUT2D eigenvalue weighted by molar-refractivity contribution is 7.95. The van der Waals surface area contributed by atoms with Crippen molar-refractivity contribution in [1.29, 1.82) is 0 Å². The molecule has 0 fully saturated rings. The second-order valence-electron chi connectivity index (χ2n) is 2.89. The standard InChI is InChI=1S/C8H10N2O4S2/c1-2-15(11,12)10-7-4-3-5-8(6-7)16(9,13)14/h2-6,10H,1H2,(H2,9,13,14). The average molecular weight is 262 g/mol. The molecule has 6 nitrogen and oxygen atoms in total. The van der Waals surface area contributed by atoms with Gasteiger partial charge in [-0.1, -0.05) is 12.6 Å². The summed E-state index contributed by atoms with van der Waals surface area (Å²) in [6.07, 6.45) is 0. The highest BCUT2D eigenvalue weighted by atomic mass is 32.2. The molecule has 0 aromatic heterocycles. The van der Waals surface area contributed by atoms with E-state index in [9.17, 15) is 16.8 Å². The predicted molar refractivity (Wildman–Crippen MR) is 60.6 cm³/mol. The number of anilines is 1. The number of hydrogen-bond acceptors (Lipinski definition) is 4. The van der Waals surface area contributed by atoms with Crippen molar-refractivity contribution in [3.8, 4) is 0 Å². The Bertz CT molecular complexity index is 605. The van der Waals surface area contributed by atoms with E-state index in [1.165, 1.54) is 18.2 Å². The number of hydrogen-bond donors (Lipinski definition) is 2. The maximum Gasteiger partial charge on any atom is 0.254 e. The van der Waals surface area contributed by atoms with Crippen molar-refractivity contribution in [1.82, 2.24) is 0 Å². The average Bonchev–Trinajstić information content (AvgIpc) is 2.16. The van der Waals surface area contributed by atoms with Gasteiger partial charge in [0.05, 0.1) is 10.6 Å². The number of primary sulfonamides is 1. The van der Waals surface area contributed by atoms with E-state index >= 15 is 0 Å². The molecular formula is C8H10N2O4S2. The van der Waals surface area contributed by atoms with Crippen molar-refractivity contribution in [2.24, 2.45) is 5.14 Å². The number of sulfonamides is 2. The summed E-state index contributed by atoms with van der Waals surface area (Å²) in [7, 11) is -7.50. The molecule has 0 saturated heterocycles. The van der Waals surface area contributed by atoms with Gasteiger partial charge in [0.25, 0.3) is 10.0 Å².